The molecule has 0 aliphatic rings. The van der Waals surface area contributed by atoms with Gasteiger partial charge in [0, 0.05) is 0 Å². The van der Waals surface area contributed by atoms with Crippen LogP contribution in [0.1, 0.15) is 76.7 Å². The fourth-order valence-corrected chi connectivity index (χ4v) is 2.88. The molecule has 0 radical (unpaired) electrons. The third kappa shape index (κ3) is 12.8. The standard InChI is InChI=1S/C18H30O3S.Li/c1-2-3-4-5-6-7-8-9-10-11-12-17-13-15-18(16-14-17)21-22(19)20;/h13-16H,2-12H2,1H3,(H,19,20);/q;+1/p-1. The molecular weight excluding hydrogens is 303 g/mol. The SMILES string of the molecule is CCCCCCCCCCCCc1ccc(OS(=O)[O-])cc1.[Li+]. The van der Waals surface area contributed by atoms with Crippen molar-refractivity contribution in [1.82, 2.24) is 0 Å². The first kappa shape index (κ1) is 22.7. The Labute approximate surface area is 156 Å². The van der Waals surface area contributed by atoms with E-state index in [4.69, 9.17) is 0 Å². The maximum absolute atomic E-state index is 10.4. The third-order valence-corrected chi connectivity index (χ3v) is 4.24. The summed E-state index contributed by atoms with van der Waals surface area (Å²) < 4.78 is 25.4. The van der Waals surface area contributed by atoms with Crippen molar-refractivity contribution < 1.29 is 31.8 Å². The smallest absolute Gasteiger partial charge is 0.740 e. The van der Waals surface area contributed by atoms with Crippen LogP contribution in [0.15, 0.2) is 24.3 Å². The van der Waals surface area contributed by atoms with E-state index < -0.39 is 11.4 Å². The Morgan fingerprint density at radius 3 is 1.83 bits per heavy atom. The van der Waals surface area contributed by atoms with Crippen molar-refractivity contribution in [3.63, 3.8) is 0 Å². The maximum atomic E-state index is 10.4. The van der Waals surface area contributed by atoms with Crippen LogP contribution >= 0.6 is 0 Å². The molecule has 0 spiro atoms. The van der Waals surface area contributed by atoms with Crippen molar-refractivity contribution in [2.75, 3.05) is 0 Å². The molecule has 0 fully saturated rings. The topological polar surface area (TPSA) is 49.4 Å². The van der Waals surface area contributed by atoms with Crippen LogP contribution in [0.5, 0.6) is 5.75 Å². The quantitative estimate of drug-likeness (QED) is 0.316. The number of unbranched alkanes of at least 4 members (excludes halogenated alkanes) is 9. The first-order valence-corrected chi connectivity index (χ1v) is 9.59. The fourth-order valence-electron chi connectivity index (χ4n) is 2.61. The molecule has 0 bridgehead atoms. The summed E-state index contributed by atoms with van der Waals surface area (Å²) >= 11 is -2.49. The molecular formula is C18H29LiO3S. The fraction of sp³-hybridized carbons (Fsp3) is 0.667. The minimum Gasteiger partial charge on any atom is -0.740 e. The van der Waals surface area contributed by atoms with Crippen LogP contribution in [0.2, 0.25) is 0 Å². The van der Waals surface area contributed by atoms with E-state index in [1.807, 2.05) is 12.1 Å². The van der Waals surface area contributed by atoms with E-state index in [0.29, 0.717) is 5.75 Å². The van der Waals surface area contributed by atoms with Crippen LogP contribution in [0.4, 0.5) is 0 Å². The van der Waals surface area contributed by atoms with Gasteiger partial charge in [0.2, 0.25) is 0 Å². The Kier molecular flexibility index (Phi) is 15.1. The van der Waals surface area contributed by atoms with Gasteiger partial charge in [-0.2, -0.15) is 0 Å². The Hall–Kier alpha value is -0.273. The molecule has 0 amide bonds. The molecule has 0 aliphatic carbocycles. The van der Waals surface area contributed by atoms with E-state index in [9.17, 15) is 8.76 Å². The Morgan fingerprint density at radius 1 is 0.870 bits per heavy atom. The summed E-state index contributed by atoms with van der Waals surface area (Å²) in [6, 6.07) is 7.30. The van der Waals surface area contributed by atoms with Gasteiger partial charge in [-0.3, -0.25) is 0 Å². The number of aryl methyl sites for hydroxylation is 1. The molecule has 1 rings (SSSR count). The van der Waals surface area contributed by atoms with Crippen LogP contribution in [0.3, 0.4) is 0 Å². The number of hydrogen-bond donors (Lipinski definition) is 0. The minimum atomic E-state index is -2.49. The molecule has 1 atom stereocenters. The van der Waals surface area contributed by atoms with Gasteiger partial charge in [-0.25, -0.2) is 4.21 Å². The zero-order chi connectivity index (χ0) is 16.0. The predicted molar refractivity (Wildman–Crippen MR) is 91.5 cm³/mol. The number of benzene rings is 1. The second-order valence-corrected chi connectivity index (χ2v) is 6.44. The molecule has 1 aromatic carbocycles. The summed E-state index contributed by atoms with van der Waals surface area (Å²) in [5.74, 6) is 0.375. The first-order chi connectivity index (χ1) is 10.7. The van der Waals surface area contributed by atoms with Gasteiger partial charge in [-0.05, 0) is 30.5 Å². The van der Waals surface area contributed by atoms with Gasteiger partial charge in [0.1, 0.15) is 17.1 Å². The Bertz CT molecular complexity index is 409. The van der Waals surface area contributed by atoms with Crippen molar-refractivity contribution in [1.29, 1.82) is 0 Å². The molecule has 0 heterocycles. The summed E-state index contributed by atoms with van der Waals surface area (Å²) in [6.07, 6.45) is 14.5. The summed E-state index contributed by atoms with van der Waals surface area (Å²) in [4.78, 5) is 0. The summed E-state index contributed by atoms with van der Waals surface area (Å²) in [5.41, 5.74) is 1.24. The van der Waals surface area contributed by atoms with E-state index in [0.717, 1.165) is 6.42 Å². The van der Waals surface area contributed by atoms with Gasteiger partial charge in [0.15, 0.2) is 0 Å². The minimum absolute atomic E-state index is 0. The van der Waals surface area contributed by atoms with Gasteiger partial charge in [-0.15, -0.1) is 0 Å². The second-order valence-electron chi connectivity index (χ2n) is 5.86. The molecule has 5 heteroatoms. The van der Waals surface area contributed by atoms with Gasteiger partial charge in [0.25, 0.3) is 0 Å². The van der Waals surface area contributed by atoms with Crippen LogP contribution in [-0.4, -0.2) is 8.76 Å². The van der Waals surface area contributed by atoms with E-state index in [2.05, 4.69) is 11.1 Å². The van der Waals surface area contributed by atoms with Crippen molar-refractivity contribution >= 4 is 11.4 Å². The number of rotatable bonds is 13. The van der Waals surface area contributed by atoms with Gasteiger partial charge < -0.3 is 8.74 Å². The van der Waals surface area contributed by atoms with Crippen molar-refractivity contribution in [2.24, 2.45) is 0 Å². The third-order valence-electron chi connectivity index (χ3n) is 3.91. The summed E-state index contributed by atoms with van der Waals surface area (Å²) in [6.45, 7) is 2.26. The van der Waals surface area contributed by atoms with Crippen molar-refractivity contribution in [3.8, 4) is 5.75 Å². The van der Waals surface area contributed by atoms with Gasteiger partial charge >= 0.3 is 18.9 Å². The van der Waals surface area contributed by atoms with E-state index in [1.54, 1.807) is 12.1 Å². The average Bonchev–Trinajstić information content (AvgIpc) is 2.50. The van der Waals surface area contributed by atoms with Crippen molar-refractivity contribution in [2.45, 2.75) is 77.6 Å². The molecule has 0 aromatic heterocycles. The predicted octanol–water partition coefficient (Wildman–Crippen LogP) is 2.33. The van der Waals surface area contributed by atoms with E-state index >= 15 is 0 Å². The Balaban J connectivity index is 0.00000484. The number of hydrogen-bond acceptors (Lipinski definition) is 3. The van der Waals surface area contributed by atoms with Crippen LogP contribution in [-0.2, 0) is 17.8 Å². The summed E-state index contributed by atoms with van der Waals surface area (Å²) in [5, 5.41) is 0. The first-order valence-electron chi connectivity index (χ1n) is 8.59. The largest absolute Gasteiger partial charge is 1.00 e. The summed E-state index contributed by atoms with van der Waals surface area (Å²) in [7, 11) is 0. The van der Waals surface area contributed by atoms with Crippen LogP contribution in [0.25, 0.3) is 0 Å². The molecule has 1 aromatic rings. The van der Waals surface area contributed by atoms with E-state index in [1.165, 1.54) is 69.8 Å². The van der Waals surface area contributed by atoms with Crippen molar-refractivity contribution in [3.05, 3.63) is 29.8 Å². The van der Waals surface area contributed by atoms with E-state index in [-0.39, 0.29) is 18.9 Å². The Morgan fingerprint density at radius 2 is 1.35 bits per heavy atom. The molecule has 0 saturated carbocycles. The molecule has 1 unspecified atom stereocenters. The molecule has 0 aliphatic heterocycles. The molecule has 23 heavy (non-hydrogen) atoms. The van der Waals surface area contributed by atoms with Gasteiger partial charge in [-0.1, -0.05) is 76.8 Å². The second kappa shape index (κ2) is 15.3. The zero-order valence-electron chi connectivity index (χ0n) is 14.7. The molecule has 3 nitrogen and oxygen atoms in total. The average molecular weight is 332 g/mol. The molecule has 126 valence electrons. The normalized spacial score (nSPS) is 11.7. The molecule has 0 saturated heterocycles. The monoisotopic (exact) mass is 332 g/mol. The van der Waals surface area contributed by atoms with Gasteiger partial charge in [0.05, 0.1) is 0 Å². The zero-order valence-corrected chi connectivity index (χ0v) is 15.5. The van der Waals surface area contributed by atoms with Crippen LogP contribution < -0.4 is 23.0 Å². The maximum Gasteiger partial charge on any atom is 1.00 e. The van der Waals surface area contributed by atoms with Crippen LogP contribution in [0, 0.1) is 0 Å². The molecule has 0 N–H and O–H groups in total.